The second-order valence-corrected chi connectivity index (χ2v) is 3.61. The van der Waals surface area contributed by atoms with E-state index in [9.17, 15) is 4.79 Å². The number of aliphatic imine (C=N–C) groups is 1. The maximum atomic E-state index is 10.8. The average Bonchev–Trinajstić information content (AvgIpc) is 2.18. The molecule has 1 aromatic rings. The molecule has 0 unspecified atom stereocenters. The number of nitrogens with two attached hydrogens (primary N) is 1. The van der Waals surface area contributed by atoms with Gasteiger partial charge in [-0.15, -0.1) is 0 Å². The first-order valence-electron chi connectivity index (χ1n) is 4.16. The summed E-state index contributed by atoms with van der Waals surface area (Å²) in [6, 6.07) is 4.72. The molecule has 80 valence electrons. The maximum Gasteiger partial charge on any atom is 0.337 e. The second-order valence-electron chi connectivity index (χ2n) is 2.70. The van der Waals surface area contributed by atoms with Gasteiger partial charge in [0, 0.05) is 4.47 Å². The van der Waals surface area contributed by atoms with Crippen LogP contribution in [-0.4, -0.2) is 29.0 Å². The zero-order chi connectivity index (χ0) is 11.3. The molecule has 6 heteroatoms. The van der Waals surface area contributed by atoms with Gasteiger partial charge in [-0.25, -0.2) is 10.0 Å². The van der Waals surface area contributed by atoms with Gasteiger partial charge in [-0.3, -0.25) is 4.99 Å². The Labute approximate surface area is 94.5 Å². The summed E-state index contributed by atoms with van der Waals surface area (Å²) < 4.78 is 0.757. The zero-order valence-corrected chi connectivity index (χ0v) is 9.31. The summed E-state index contributed by atoms with van der Waals surface area (Å²) in [7, 11) is 0. The van der Waals surface area contributed by atoms with Crippen LogP contribution in [0.4, 0.5) is 5.69 Å². The lowest BCUT2D eigenvalue weighted by atomic mass is 10.2. The maximum absolute atomic E-state index is 10.8. The van der Waals surface area contributed by atoms with Gasteiger partial charge in [-0.05, 0) is 18.2 Å². The molecule has 0 spiro atoms. The first kappa shape index (κ1) is 11.8. The first-order valence-corrected chi connectivity index (χ1v) is 4.95. The molecule has 15 heavy (non-hydrogen) atoms. The molecule has 0 saturated carbocycles. The van der Waals surface area contributed by atoms with Crippen LogP contribution in [0.2, 0.25) is 0 Å². The smallest absolute Gasteiger partial charge is 0.337 e. The van der Waals surface area contributed by atoms with E-state index in [1.54, 1.807) is 12.1 Å². The Bertz CT molecular complexity index is 393. The fourth-order valence-electron chi connectivity index (χ4n) is 0.991. The van der Waals surface area contributed by atoms with Crippen LogP contribution in [0.3, 0.4) is 0 Å². The third kappa shape index (κ3) is 3.43. The van der Waals surface area contributed by atoms with Crippen LogP contribution in [0.15, 0.2) is 27.7 Å². The summed E-state index contributed by atoms with van der Waals surface area (Å²) >= 11 is 3.23. The Kier molecular flexibility index (Phi) is 4.41. The molecule has 0 amide bonds. The molecule has 0 aliphatic carbocycles. The van der Waals surface area contributed by atoms with E-state index in [0.717, 1.165) is 9.95 Å². The number of carboxylic acids is 1. The van der Waals surface area contributed by atoms with Crippen LogP contribution in [0.5, 0.6) is 0 Å². The van der Waals surface area contributed by atoms with E-state index in [1.165, 1.54) is 12.3 Å². The minimum absolute atomic E-state index is 0.132. The lowest BCUT2D eigenvalue weighted by Crippen LogP contribution is -2.81. The summed E-state index contributed by atoms with van der Waals surface area (Å²) in [6.07, 6.45) is 1.44. The topological polar surface area (TPSA) is 86.5 Å². The molecule has 1 aromatic carbocycles. The normalized spacial score (nSPS) is 10.8. The van der Waals surface area contributed by atoms with Gasteiger partial charge >= 0.3 is 5.97 Å². The van der Waals surface area contributed by atoms with Crippen molar-refractivity contribution in [2.24, 2.45) is 4.99 Å². The van der Waals surface area contributed by atoms with Crippen LogP contribution in [-0.2, 0) is 0 Å². The molecule has 0 saturated heterocycles. The SMILES string of the molecule is O=C(O)c1ccc(Br)cc1N=CC[NH2+]O. The Balaban J connectivity index is 3.02. The number of hydrogen-bond donors (Lipinski definition) is 3. The average molecular weight is 274 g/mol. The van der Waals surface area contributed by atoms with Gasteiger partial charge < -0.3 is 5.11 Å². The van der Waals surface area contributed by atoms with Crippen LogP contribution >= 0.6 is 15.9 Å². The quantitative estimate of drug-likeness (QED) is 0.560. The third-order valence-corrected chi connectivity index (χ3v) is 2.12. The number of hydrogen-bond acceptors (Lipinski definition) is 3. The van der Waals surface area contributed by atoms with E-state index in [2.05, 4.69) is 20.9 Å². The molecule has 0 radical (unpaired) electrons. The number of halogens is 1. The highest BCUT2D eigenvalue weighted by atomic mass is 79.9. The molecular weight excluding hydrogens is 264 g/mol. The lowest BCUT2D eigenvalue weighted by molar-refractivity contribution is -0.877. The number of hydroxylamine groups is 1. The fourth-order valence-corrected chi connectivity index (χ4v) is 1.34. The van der Waals surface area contributed by atoms with Gasteiger partial charge in [0.15, 0.2) is 0 Å². The molecular formula is C9H10BrN2O3+. The van der Waals surface area contributed by atoms with Gasteiger partial charge in [0.1, 0.15) is 6.54 Å². The van der Waals surface area contributed by atoms with Crippen molar-refractivity contribution in [3.05, 3.63) is 28.2 Å². The predicted octanol–water partition coefficient (Wildman–Crippen LogP) is 0.802. The van der Waals surface area contributed by atoms with Crippen LogP contribution in [0.25, 0.3) is 0 Å². The number of benzene rings is 1. The highest BCUT2D eigenvalue weighted by Gasteiger charge is 2.08. The standard InChI is InChI=1S/C9H9BrN2O3/c10-6-1-2-7(9(13)14)8(5-6)11-3-4-12-15/h1-3,5,12,15H,4H2,(H,13,14)/p+1. The third-order valence-electron chi connectivity index (χ3n) is 1.63. The summed E-state index contributed by atoms with van der Waals surface area (Å²) in [5, 5.41) is 17.3. The molecule has 0 heterocycles. The highest BCUT2D eigenvalue weighted by Crippen LogP contribution is 2.23. The fraction of sp³-hybridized carbons (Fsp3) is 0.111. The largest absolute Gasteiger partial charge is 0.478 e. The van der Waals surface area contributed by atoms with E-state index < -0.39 is 5.97 Å². The molecule has 0 fully saturated rings. The number of carboxylic acid groups (broad SMARTS) is 1. The molecule has 0 bridgehead atoms. The number of aromatic carboxylic acids is 1. The summed E-state index contributed by atoms with van der Waals surface area (Å²) in [5.41, 5.74) is 1.44. The number of rotatable bonds is 4. The van der Waals surface area contributed by atoms with Crippen molar-refractivity contribution >= 4 is 33.8 Å². The Morgan fingerprint density at radius 2 is 2.33 bits per heavy atom. The van der Waals surface area contributed by atoms with Crippen LogP contribution in [0, 0.1) is 0 Å². The summed E-state index contributed by atoms with van der Waals surface area (Å²) in [6.45, 7) is 0.283. The molecule has 0 aliphatic rings. The monoisotopic (exact) mass is 273 g/mol. The summed E-state index contributed by atoms with van der Waals surface area (Å²) in [5.74, 6) is -1.03. The predicted molar refractivity (Wildman–Crippen MR) is 57.8 cm³/mol. The minimum atomic E-state index is -1.03. The van der Waals surface area contributed by atoms with Gasteiger partial charge in [0.2, 0.25) is 0 Å². The van der Waals surface area contributed by atoms with Crippen molar-refractivity contribution < 1.29 is 20.6 Å². The molecule has 0 atom stereocenters. The van der Waals surface area contributed by atoms with Gasteiger partial charge in [0.05, 0.1) is 17.5 Å². The second kappa shape index (κ2) is 5.59. The van der Waals surface area contributed by atoms with Crippen molar-refractivity contribution in [1.29, 1.82) is 0 Å². The van der Waals surface area contributed by atoms with Crippen molar-refractivity contribution in [2.75, 3.05) is 6.54 Å². The van der Waals surface area contributed by atoms with Gasteiger partial charge in [-0.2, -0.15) is 5.48 Å². The molecule has 4 N–H and O–H groups in total. The van der Waals surface area contributed by atoms with Gasteiger partial charge in [-0.1, -0.05) is 15.9 Å². The molecule has 1 rings (SSSR count). The van der Waals surface area contributed by atoms with E-state index in [0.29, 0.717) is 5.69 Å². The van der Waals surface area contributed by atoms with E-state index in [1.807, 2.05) is 0 Å². The number of carbonyl (C=O) groups is 1. The Hall–Kier alpha value is -1.24. The van der Waals surface area contributed by atoms with Crippen molar-refractivity contribution in [3.63, 3.8) is 0 Å². The Morgan fingerprint density at radius 1 is 1.60 bits per heavy atom. The zero-order valence-electron chi connectivity index (χ0n) is 7.72. The molecule has 0 aromatic heterocycles. The van der Waals surface area contributed by atoms with E-state index in [-0.39, 0.29) is 12.1 Å². The highest BCUT2D eigenvalue weighted by molar-refractivity contribution is 9.10. The van der Waals surface area contributed by atoms with Crippen LogP contribution in [0.1, 0.15) is 10.4 Å². The minimum Gasteiger partial charge on any atom is -0.478 e. The first-order chi connectivity index (χ1) is 7.15. The summed E-state index contributed by atoms with van der Waals surface area (Å²) in [4.78, 5) is 14.8. The van der Waals surface area contributed by atoms with Crippen LogP contribution < -0.4 is 5.48 Å². The van der Waals surface area contributed by atoms with Crippen molar-refractivity contribution in [2.45, 2.75) is 0 Å². The lowest BCUT2D eigenvalue weighted by Gasteiger charge is -2.00. The molecule has 0 aliphatic heterocycles. The molecule has 5 nitrogen and oxygen atoms in total. The van der Waals surface area contributed by atoms with Gasteiger partial charge in [0.25, 0.3) is 0 Å². The van der Waals surface area contributed by atoms with E-state index in [4.69, 9.17) is 10.3 Å². The van der Waals surface area contributed by atoms with E-state index >= 15 is 0 Å². The number of quaternary nitrogens is 1. The Morgan fingerprint density at radius 3 is 2.93 bits per heavy atom. The number of nitrogens with zero attached hydrogens (tertiary/aromatic N) is 1. The van der Waals surface area contributed by atoms with Crippen molar-refractivity contribution in [3.8, 4) is 0 Å². The van der Waals surface area contributed by atoms with Crippen molar-refractivity contribution in [1.82, 2.24) is 0 Å².